The molecule has 0 saturated carbocycles. The van der Waals surface area contributed by atoms with Gasteiger partial charge in [-0.05, 0) is 42.0 Å². The molecule has 0 aliphatic heterocycles. The minimum Gasteiger partial charge on any atom is -0.496 e. The number of rotatable bonds is 13. The molecule has 1 atom stereocenters. The van der Waals surface area contributed by atoms with E-state index in [1.165, 1.54) is 0 Å². The third-order valence-electron chi connectivity index (χ3n) is 5.76. The number of benzene rings is 2. The molecule has 0 saturated heterocycles. The summed E-state index contributed by atoms with van der Waals surface area (Å²) in [6.07, 6.45) is 0.412. The second-order valence-corrected chi connectivity index (χ2v) is 10.00. The number of carbonyl (C=O) groups excluding carboxylic acids is 1. The minimum absolute atomic E-state index is 0.145. The number of hydrogen-bond acceptors (Lipinski definition) is 5. The average molecular weight is 508 g/mol. The van der Waals surface area contributed by atoms with Gasteiger partial charge >= 0.3 is 5.97 Å². The first-order valence-electron chi connectivity index (χ1n) is 12.6. The number of nitrogens with zero attached hydrogens (tertiary/aromatic N) is 2. The highest BCUT2D eigenvalue weighted by atomic mass is 16.5. The van der Waals surface area contributed by atoms with Crippen LogP contribution in [0.3, 0.4) is 0 Å². The summed E-state index contributed by atoms with van der Waals surface area (Å²) >= 11 is 0. The molecule has 8 heteroatoms. The Morgan fingerprint density at radius 3 is 2.32 bits per heavy atom. The van der Waals surface area contributed by atoms with E-state index >= 15 is 0 Å². The lowest BCUT2D eigenvalue weighted by Crippen LogP contribution is -2.37. The Morgan fingerprint density at radius 1 is 1.00 bits per heavy atom. The van der Waals surface area contributed by atoms with Crippen molar-refractivity contribution >= 4 is 11.9 Å². The first-order valence-corrected chi connectivity index (χ1v) is 12.6. The van der Waals surface area contributed by atoms with Gasteiger partial charge in [-0.3, -0.25) is 14.3 Å². The van der Waals surface area contributed by atoms with Crippen molar-refractivity contribution in [2.75, 3.05) is 7.11 Å². The van der Waals surface area contributed by atoms with E-state index in [0.717, 1.165) is 5.56 Å². The zero-order valence-corrected chi connectivity index (χ0v) is 22.2. The standard InChI is InChI=1S/C29H37N3O5/c1-19(2)14-22(15-27(33)34)30-29(35)23-16-24(32(31-23)17-20(3)4)28-25(36-5)12-9-13-26(28)37-18-21-10-7-6-8-11-21/h6-13,16,19-20,22H,14-15,17-18H2,1-5H3,(H,30,35)(H,33,34). The van der Waals surface area contributed by atoms with Crippen molar-refractivity contribution in [1.29, 1.82) is 0 Å². The molecule has 0 radical (unpaired) electrons. The molecule has 2 aromatic carbocycles. The number of nitrogens with one attached hydrogen (secondary N) is 1. The minimum atomic E-state index is -0.953. The largest absolute Gasteiger partial charge is 0.496 e. The van der Waals surface area contributed by atoms with E-state index in [1.54, 1.807) is 17.9 Å². The van der Waals surface area contributed by atoms with Gasteiger partial charge in [-0.25, -0.2) is 0 Å². The molecule has 198 valence electrons. The summed E-state index contributed by atoms with van der Waals surface area (Å²) in [6.45, 7) is 9.09. The summed E-state index contributed by atoms with van der Waals surface area (Å²) in [5.74, 6) is 0.355. The molecule has 1 amide bonds. The highest BCUT2D eigenvalue weighted by molar-refractivity contribution is 5.94. The quantitative estimate of drug-likeness (QED) is 0.321. The third kappa shape index (κ3) is 7.84. The van der Waals surface area contributed by atoms with Crippen LogP contribution in [0.5, 0.6) is 11.5 Å². The molecule has 0 fully saturated rings. The van der Waals surface area contributed by atoms with E-state index in [4.69, 9.17) is 9.47 Å². The molecule has 0 bridgehead atoms. The van der Waals surface area contributed by atoms with E-state index in [1.807, 2.05) is 62.4 Å². The highest BCUT2D eigenvalue weighted by Crippen LogP contribution is 2.39. The molecular weight excluding hydrogens is 470 g/mol. The summed E-state index contributed by atoms with van der Waals surface area (Å²) < 4.78 is 13.7. The Bertz CT molecular complexity index is 1190. The maximum atomic E-state index is 13.2. The van der Waals surface area contributed by atoms with E-state index in [2.05, 4.69) is 24.3 Å². The second kappa shape index (κ2) is 12.9. The van der Waals surface area contributed by atoms with Gasteiger partial charge in [0.05, 0.1) is 24.8 Å². The summed E-state index contributed by atoms with van der Waals surface area (Å²) in [5.41, 5.74) is 2.65. The predicted octanol–water partition coefficient (Wildman–Crippen LogP) is 5.41. The number of methoxy groups -OCH3 is 1. The van der Waals surface area contributed by atoms with Gasteiger partial charge in [0, 0.05) is 12.6 Å². The maximum Gasteiger partial charge on any atom is 0.305 e. The Hall–Kier alpha value is -3.81. The van der Waals surface area contributed by atoms with Crippen LogP contribution in [0.1, 0.15) is 56.6 Å². The summed E-state index contributed by atoms with van der Waals surface area (Å²) in [7, 11) is 1.60. The molecule has 0 spiro atoms. The normalized spacial score (nSPS) is 12.0. The lowest BCUT2D eigenvalue weighted by molar-refractivity contribution is -0.137. The fourth-order valence-electron chi connectivity index (χ4n) is 4.24. The van der Waals surface area contributed by atoms with E-state index in [-0.39, 0.29) is 24.0 Å². The van der Waals surface area contributed by atoms with Crippen molar-refractivity contribution in [1.82, 2.24) is 15.1 Å². The topological polar surface area (TPSA) is 103 Å². The van der Waals surface area contributed by atoms with Gasteiger partial charge in [-0.2, -0.15) is 5.10 Å². The molecule has 1 heterocycles. The van der Waals surface area contributed by atoms with Crippen LogP contribution in [0.15, 0.2) is 54.6 Å². The van der Waals surface area contributed by atoms with E-state index in [0.29, 0.717) is 42.3 Å². The zero-order chi connectivity index (χ0) is 26.9. The smallest absolute Gasteiger partial charge is 0.305 e. The Kier molecular flexibility index (Phi) is 9.71. The second-order valence-electron chi connectivity index (χ2n) is 10.00. The lowest BCUT2D eigenvalue weighted by Gasteiger charge is -2.18. The number of carboxylic acids is 1. The number of aliphatic carboxylic acids is 1. The van der Waals surface area contributed by atoms with Crippen molar-refractivity contribution in [2.45, 2.75) is 59.7 Å². The molecular formula is C29H37N3O5. The van der Waals surface area contributed by atoms with E-state index < -0.39 is 17.9 Å². The molecule has 1 aromatic heterocycles. The van der Waals surface area contributed by atoms with Crippen molar-refractivity contribution < 1.29 is 24.2 Å². The fraction of sp³-hybridized carbons (Fsp3) is 0.414. The van der Waals surface area contributed by atoms with Crippen molar-refractivity contribution in [3.05, 3.63) is 65.9 Å². The van der Waals surface area contributed by atoms with Crippen LogP contribution in [0.4, 0.5) is 0 Å². The van der Waals surface area contributed by atoms with Crippen molar-refractivity contribution in [3.63, 3.8) is 0 Å². The first-order chi connectivity index (χ1) is 17.7. The molecule has 37 heavy (non-hydrogen) atoms. The number of carbonyl (C=O) groups is 2. The lowest BCUT2D eigenvalue weighted by atomic mass is 10.0. The number of amides is 1. The Labute approximate surface area is 218 Å². The summed E-state index contributed by atoms with van der Waals surface area (Å²) in [5, 5.41) is 16.8. The maximum absolute atomic E-state index is 13.2. The third-order valence-corrected chi connectivity index (χ3v) is 5.76. The Balaban J connectivity index is 1.99. The fourth-order valence-corrected chi connectivity index (χ4v) is 4.24. The van der Waals surface area contributed by atoms with Crippen LogP contribution < -0.4 is 14.8 Å². The summed E-state index contributed by atoms with van der Waals surface area (Å²) in [6, 6.07) is 16.7. The van der Waals surface area contributed by atoms with Crippen LogP contribution >= 0.6 is 0 Å². The van der Waals surface area contributed by atoms with Gasteiger partial charge in [0.25, 0.3) is 5.91 Å². The molecule has 2 N–H and O–H groups in total. The van der Waals surface area contributed by atoms with Gasteiger partial charge < -0.3 is 19.9 Å². The highest BCUT2D eigenvalue weighted by Gasteiger charge is 2.24. The first kappa shape index (κ1) is 27.8. The SMILES string of the molecule is COc1cccc(OCc2ccccc2)c1-c1cc(C(=O)NC(CC(=O)O)CC(C)C)nn1CC(C)C. The van der Waals surface area contributed by atoms with Crippen LogP contribution in [0, 0.1) is 11.8 Å². The molecule has 0 aliphatic carbocycles. The average Bonchev–Trinajstić information content (AvgIpc) is 3.25. The molecule has 1 unspecified atom stereocenters. The van der Waals surface area contributed by atoms with Crippen molar-refractivity contribution in [3.8, 4) is 22.8 Å². The van der Waals surface area contributed by atoms with Gasteiger partial charge in [0.1, 0.15) is 18.1 Å². The number of aromatic nitrogens is 2. The molecule has 8 nitrogen and oxygen atoms in total. The molecule has 3 aromatic rings. The number of hydrogen-bond donors (Lipinski definition) is 2. The van der Waals surface area contributed by atoms with Gasteiger partial charge in [0.15, 0.2) is 5.69 Å². The van der Waals surface area contributed by atoms with Gasteiger partial charge in [-0.15, -0.1) is 0 Å². The van der Waals surface area contributed by atoms with Crippen LogP contribution in [0.25, 0.3) is 11.3 Å². The number of carboxylic acid groups (broad SMARTS) is 1. The van der Waals surface area contributed by atoms with Crippen LogP contribution in [-0.2, 0) is 17.9 Å². The van der Waals surface area contributed by atoms with E-state index in [9.17, 15) is 14.7 Å². The predicted molar refractivity (Wildman–Crippen MR) is 143 cm³/mol. The van der Waals surface area contributed by atoms with Crippen LogP contribution in [-0.4, -0.2) is 39.9 Å². The molecule has 3 rings (SSSR count). The van der Waals surface area contributed by atoms with Crippen LogP contribution in [0.2, 0.25) is 0 Å². The molecule has 0 aliphatic rings. The van der Waals surface area contributed by atoms with Gasteiger partial charge in [0.2, 0.25) is 0 Å². The summed E-state index contributed by atoms with van der Waals surface area (Å²) in [4.78, 5) is 24.6. The number of ether oxygens (including phenoxy) is 2. The van der Waals surface area contributed by atoms with Crippen molar-refractivity contribution in [2.24, 2.45) is 11.8 Å². The Morgan fingerprint density at radius 2 is 1.70 bits per heavy atom. The zero-order valence-electron chi connectivity index (χ0n) is 22.2. The van der Waals surface area contributed by atoms with Gasteiger partial charge in [-0.1, -0.05) is 64.1 Å². The monoisotopic (exact) mass is 507 g/mol.